The minimum Gasteiger partial charge on any atom is -0.481 e. The standard InChI is InChI=1S/C9H12O6/c1-4-5(2-7(10)11)6(3-8(12)13)9(14)15-4/h4-6H,2-3H2,1H3,(H,10,11)(H,12,13). The van der Waals surface area contributed by atoms with E-state index in [-0.39, 0.29) is 12.8 Å². The summed E-state index contributed by atoms with van der Waals surface area (Å²) in [6, 6.07) is 0. The Morgan fingerprint density at radius 2 is 1.80 bits per heavy atom. The highest BCUT2D eigenvalue weighted by molar-refractivity contribution is 5.82. The molecule has 1 fully saturated rings. The van der Waals surface area contributed by atoms with Crippen LogP contribution in [0.4, 0.5) is 0 Å². The largest absolute Gasteiger partial charge is 0.481 e. The molecule has 84 valence electrons. The molecule has 2 N–H and O–H groups in total. The van der Waals surface area contributed by atoms with Crippen molar-refractivity contribution in [1.82, 2.24) is 0 Å². The van der Waals surface area contributed by atoms with Gasteiger partial charge in [0.1, 0.15) is 6.10 Å². The van der Waals surface area contributed by atoms with E-state index in [4.69, 9.17) is 14.9 Å². The molecule has 1 rings (SSSR count). The molecule has 0 aliphatic carbocycles. The van der Waals surface area contributed by atoms with Crippen molar-refractivity contribution in [3.8, 4) is 0 Å². The smallest absolute Gasteiger partial charge is 0.310 e. The number of cyclic esters (lactones) is 1. The van der Waals surface area contributed by atoms with E-state index in [0.29, 0.717) is 0 Å². The Bertz CT molecular complexity index is 297. The lowest BCUT2D eigenvalue weighted by Crippen LogP contribution is -2.24. The quantitative estimate of drug-likeness (QED) is 0.647. The van der Waals surface area contributed by atoms with E-state index in [0.717, 1.165) is 0 Å². The summed E-state index contributed by atoms with van der Waals surface area (Å²) in [7, 11) is 0. The van der Waals surface area contributed by atoms with Gasteiger partial charge in [0.05, 0.1) is 18.8 Å². The predicted molar refractivity (Wildman–Crippen MR) is 47.0 cm³/mol. The van der Waals surface area contributed by atoms with Gasteiger partial charge in [-0.15, -0.1) is 0 Å². The molecule has 6 nitrogen and oxygen atoms in total. The number of esters is 1. The highest BCUT2D eigenvalue weighted by Crippen LogP contribution is 2.33. The summed E-state index contributed by atoms with van der Waals surface area (Å²) in [5, 5.41) is 17.2. The van der Waals surface area contributed by atoms with Crippen molar-refractivity contribution >= 4 is 17.9 Å². The molecule has 0 aromatic rings. The van der Waals surface area contributed by atoms with Gasteiger partial charge in [-0.1, -0.05) is 0 Å². The molecule has 0 amide bonds. The van der Waals surface area contributed by atoms with Crippen LogP contribution in [0.15, 0.2) is 0 Å². The van der Waals surface area contributed by atoms with E-state index < -0.39 is 35.8 Å². The van der Waals surface area contributed by atoms with Crippen LogP contribution in [0.25, 0.3) is 0 Å². The van der Waals surface area contributed by atoms with E-state index >= 15 is 0 Å². The Morgan fingerprint density at radius 1 is 1.27 bits per heavy atom. The number of hydrogen-bond donors (Lipinski definition) is 2. The van der Waals surface area contributed by atoms with E-state index in [1.54, 1.807) is 6.92 Å². The first-order chi connectivity index (χ1) is 6.91. The number of carboxylic acids is 2. The van der Waals surface area contributed by atoms with Gasteiger partial charge < -0.3 is 14.9 Å². The highest BCUT2D eigenvalue weighted by Gasteiger charge is 2.44. The molecule has 0 radical (unpaired) electrons. The van der Waals surface area contributed by atoms with Gasteiger partial charge in [0.2, 0.25) is 0 Å². The maximum Gasteiger partial charge on any atom is 0.310 e. The van der Waals surface area contributed by atoms with Gasteiger partial charge in [-0.25, -0.2) is 0 Å². The van der Waals surface area contributed by atoms with E-state index in [1.165, 1.54) is 0 Å². The molecule has 3 unspecified atom stereocenters. The van der Waals surface area contributed by atoms with Gasteiger partial charge in [0.15, 0.2) is 0 Å². The molecule has 1 heterocycles. The van der Waals surface area contributed by atoms with Gasteiger partial charge in [-0.2, -0.15) is 0 Å². The van der Waals surface area contributed by atoms with Crippen LogP contribution in [0.1, 0.15) is 19.8 Å². The minimum absolute atomic E-state index is 0.245. The van der Waals surface area contributed by atoms with Crippen LogP contribution in [0.3, 0.4) is 0 Å². The van der Waals surface area contributed by atoms with Crippen molar-refractivity contribution in [2.45, 2.75) is 25.9 Å². The number of rotatable bonds is 4. The van der Waals surface area contributed by atoms with Crippen LogP contribution in [-0.2, 0) is 19.1 Å². The topological polar surface area (TPSA) is 101 Å². The van der Waals surface area contributed by atoms with Gasteiger partial charge in [-0.3, -0.25) is 14.4 Å². The Balaban J connectivity index is 2.75. The van der Waals surface area contributed by atoms with Crippen molar-refractivity contribution < 1.29 is 29.3 Å². The molecule has 1 aliphatic rings. The van der Waals surface area contributed by atoms with Crippen LogP contribution in [0, 0.1) is 11.8 Å². The lowest BCUT2D eigenvalue weighted by Gasteiger charge is -2.14. The van der Waals surface area contributed by atoms with Crippen molar-refractivity contribution in [2.24, 2.45) is 11.8 Å². The number of carbonyl (C=O) groups excluding carboxylic acids is 1. The van der Waals surface area contributed by atoms with Gasteiger partial charge in [-0.05, 0) is 6.92 Å². The maximum atomic E-state index is 11.2. The number of ether oxygens (including phenoxy) is 1. The Kier molecular flexibility index (Phi) is 3.28. The van der Waals surface area contributed by atoms with Gasteiger partial charge in [0.25, 0.3) is 0 Å². The Labute approximate surface area is 85.8 Å². The first-order valence-corrected chi connectivity index (χ1v) is 4.56. The average Bonchev–Trinajstić information content (AvgIpc) is 2.30. The molecule has 1 aliphatic heterocycles. The summed E-state index contributed by atoms with van der Waals surface area (Å²) in [6.45, 7) is 1.58. The van der Waals surface area contributed by atoms with E-state index in [2.05, 4.69) is 0 Å². The normalized spacial score (nSPS) is 29.9. The summed E-state index contributed by atoms with van der Waals surface area (Å²) in [4.78, 5) is 32.2. The lowest BCUT2D eigenvalue weighted by molar-refractivity contribution is -0.148. The molecule has 0 spiro atoms. The monoisotopic (exact) mass is 216 g/mol. The van der Waals surface area contributed by atoms with Crippen molar-refractivity contribution in [3.63, 3.8) is 0 Å². The zero-order valence-electron chi connectivity index (χ0n) is 8.17. The Hall–Kier alpha value is -1.59. The van der Waals surface area contributed by atoms with Gasteiger partial charge >= 0.3 is 17.9 Å². The molecule has 0 bridgehead atoms. The van der Waals surface area contributed by atoms with Crippen LogP contribution >= 0.6 is 0 Å². The SMILES string of the molecule is CC1OC(=O)C(CC(=O)O)C1CC(=O)O. The zero-order valence-corrected chi connectivity index (χ0v) is 8.17. The molecular formula is C9H12O6. The summed E-state index contributed by atoms with van der Waals surface area (Å²) in [5.74, 6) is -4.18. The van der Waals surface area contributed by atoms with Crippen molar-refractivity contribution in [2.75, 3.05) is 0 Å². The zero-order chi connectivity index (χ0) is 11.6. The molecule has 0 aromatic carbocycles. The fraction of sp³-hybridized carbons (Fsp3) is 0.667. The second-order valence-corrected chi connectivity index (χ2v) is 3.61. The molecule has 15 heavy (non-hydrogen) atoms. The average molecular weight is 216 g/mol. The summed E-state index contributed by atoms with van der Waals surface area (Å²) in [5.41, 5.74) is 0. The molecule has 3 atom stereocenters. The summed E-state index contributed by atoms with van der Waals surface area (Å²) >= 11 is 0. The number of carbonyl (C=O) groups is 3. The predicted octanol–water partition coefficient (Wildman–Crippen LogP) is 0.114. The number of carboxylic acid groups (broad SMARTS) is 2. The fourth-order valence-electron chi connectivity index (χ4n) is 1.79. The third-order valence-electron chi connectivity index (χ3n) is 2.53. The van der Waals surface area contributed by atoms with Crippen LogP contribution in [-0.4, -0.2) is 34.2 Å². The number of hydrogen-bond acceptors (Lipinski definition) is 4. The first-order valence-electron chi connectivity index (χ1n) is 4.56. The maximum absolute atomic E-state index is 11.2. The fourth-order valence-corrected chi connectivity index (χ4v) is 1.79. The molecule has 0 aromatic heterocycles. The minimum atomic E-state index is -1.12. The van der Waals surface area contributed by atoms with Crippen molar-refractivity contribution in [1.29, 1.82) is 0 Å². The van der Waals surface area contributed by atoms with Gasteiger partial charge in [0, 0.05) is 5.92 Å². The van der Waals surface area contributed by atoms with Crippen LogP contribution < -0.4 is 0 Å². The first kappa shape index (κ1) is 11.5. The Morgan fingerprint density at radius 3 is 2.27 bits per heavy atom. The van der Waals surface area contributed by atoms with Crippen LogP contribution in [0.5, 0.6) is 0 Å². The highest BCUT2D eigenvalue weighted by atomic mass is 16.6. The summed E-state index contributed by atoms with van der Waals surface area (Å²) in [6.07, 6.45) is -1.15. The molecular weight excluding hydrogens is 204 g/mol. The lowest BCUT2D eigenvalue weighted by atomic mass is 9.86. The van der Waals surface area contributed by atoms with E-state index in [1.807, 2.05) is 0 Å². The van der Waals surface area contributed by atoms with Crippen LogP contribution in [0.2, 0.25) is 0 Å². The third kappa shape index (κ3) is 2.68. The number of aliphatic carboxylic acids is 2. The molecule has 0 saturated carbocycles. The molecule has 6 heteroatoms. The van der Waals surface area contributed by atoms with Crippen molar-refractivity contribution in [3.05, 3.63) is 0 Å². The second kappa shape index (κ2) is 4.29. The third-order valence-corrected chi connectivity index (χ3v) is 2.53. The van der Waals surface area contributed by atoms with E-state index in [9.17, 15) is 14.4 Å². The molecule has 1 saturated heterocycles. The summed E-state index contributed by atoms with van der Waals surface area (Å²) < 4.78 is 4.82. The second-order valence-electron chi connectivity index (χ2n) is 3.61.